The number of fused-ring (bicyclic) bond motifs is 5. The van der Waals surface area contributed by atoms with Crippen molar-refractivity contribution in [3.8, 4) is 0 Å². The molecule has 0 amide bonds. The van der Waals surface area contributed by atoms with Crippen molar-refractivity contribution in [1.29, 1.82) is 0 Å². The Kier molecular flexibility index (Phi) is 5.87. The monoisotopic (exact) mass is 418 g/mol. The highest BCUT2D eigenvalue weighted by Gasteiger charge is 2.64. The van der Waals surface area contributed by atoms with E-state index in [2.05, 4.69) is 27.7 Å². The predicted molar refractivity (Wildman–Crippen MR) is 117 cm³/mol. The Balaban J connectivity index is 1.62. The number of carbonyl (C=O) groups is 2. The van der Waals surface area contributed by atoms with Gasteiger partial charge in [0.25, 0.3) is 0 Å². The maximum absolute atomic E-state index is 12.3. The van der Waals surface area contributed by atoms with Crippen LogP contribution in [0.15, 0.2) is 0 Å². The molecule has 4 aliphatic carbocycles. The number of rotatable bonds is 5. The third-order valence-electron chi connectivity index (χ3n) is 10.8. The van der Waals surface area contributed by atoms with Crippen molar-refractivity contribution in [2.45, 2.75) is 98.0 Å². The molecule has 0 saturated heterocycles. The second-order valence-electron chi connectivity index (χ2n) is 11.8. The summed E-state index contributed by atoms with van der Waals surface area (Å²) in [6, 6.07) is 0. The van der Waals surface area contributed by atoms with Gasteiger partial charge in [-0.1, -0.05) is 34.1 Å². The number of ketones is 1. The highest BCUT2D eigenvalue weighted by atomic mass is 16.4. The van der Waals surface area contributed by atoms with E-state index in [4.69, 9.17) is 5.11 Å². The fourth-order valence-corrected chi connectivity index (χ4v) is 9.29. The van der Waals surface area contributed by atoms with Crippen LogP contribution in [0.2, 0.25) is 0 Å². The van der Waals surface area contributed by atoms with Gasteiger partial charge in [-0.25, -0.2) is 0 Å². The Labute approximate surface area is 182 Å². The van der Waals surface area contributed by atoms with Gasteiger partial charge in [0.15, 0.2) is 0 Å². The maximum Gasteiger partial charge on any atom is 0.303 e. The van der Waals surface area contributed by atoms with E-state index in [1.165, 1.54) is 19.3 Å². The molecule has 4 heteroatoms. The van der Waals surface area contributed by atoms with E-state index in [0.717, 1.165) is 32.1 Å². The molecule has 4 fully saturated rings. The first kappa shape index (κ1) is 22.3. The lowest BCUT2D eigenvalue weighted by molar-refractivity contribution is -0.194. The lowest BCUT2D eigenvalue weighted by atomic mass is 9.41. The van der Waals surface area contributed by atoms with Gasteiger partial charge in [0.2, 0.25) is 0 Å². The molecule has 0 radical (unpaired) electrons. The first-order valence-electron chi connectivity index (χ1n) is 12.5. The van der Waals surface area contributed by atoms with Crippen LogP contribution in [0.1, 0.15) is 91.9 Å². The molecule has 0 heterocycles. The molecule has 0 aromatic heterocycles. The smallest absolute Gasteiger partial charge is 0.303 e. The van der Waals surface area contributed by atoms with E-state index in [1.807, 2.05) is 0 Å². The van der Waals surface area contributed by atoms with Crippen LogP contribution in [-0.2, 0) is 9.59 Å². The molecular weight excluding hydrogens is 376 g/mol. The van der Waals surface area contributed by atoms with Gasteiger partial charge in [-0.05, 0) is 90.8 Å². The molecule has 4 nitrogen and oxygen atoms in total. The molecule has 0 aromatic rings. The summed E-state index contributed by atoms with van der Waals surface area (Å²) in [4.78, 5) is 23.4. The zero-order chi connectivity index (χ0) is 21.8. The van der Waals surface area contributed by atoms with E-state index in [1.54, 1.807) is 0 Å². The summed E-state index contributed by atoms with van der Waals surface area (Å²) < 4.78 is 0. The van der Waals surface area contributed by atoms with Crippen LogP contribution in [0, 0.1) is 52.3 Å². The van der Waals surface area contributed by atoms with E-state index in [9.17, 15) is 14.7 Å². The number of carboxylic acid groups (broad SMARTS) is 1. The van der Waals surface area contributed by atoms with Gasteiger partial charge in [0.1, 0.15) is 5.78 Å². The molecular formula is C26H42O4. The van der Waals surface area contributed by atoms with Crippen LogP contribution in [0.25, 0.3) is 0 Å². The Morgan fingerprint density at radius 2 is 1.80 bits per heavy atom. The lowest BCUT2D eigenvalue weighted by Crippen LogP contribution is -2.61. The molecule has 0 spiro atoms. The number of carboxylic acids is 1. The minimum Gasteiger partial charge on any atom is -0.481 e. The number of hydrogen-bond acceptors (Lipinski definition) is 3. The van der Waals surface area contributed by atoms with E-state index >= 15 is 0 Å². The zero-order valence-electron chi connectivity index (χ0n) is 19.4. The van der Waals surface area contributed by atoms with Gasteiger partial charge in [-0.3, -0.25) is 9.59 Å². The molecule has 4 aliphatic rings. The predicted octanol–water partition coefficient (Wildman–Crippen LogP) is 5.32. The van der Waals surface area contributed by atoms with Gasteiger partial charge < -0.3 is 10.2 Å². The highest BCUT2D eigenvalue weighted by molar-refractivity contribution is 5.79. The second kappa shape index (κ2) is 7.90. The first-order chi connectivity index (χ1) is 14.1. The van der Waals surface area contributed by atoms with Crippen LogP contribution >= 0.6 is 0 Å². The van der Waals surface area contributed by atoms with Gasteiger partial charge in [-0.2, -0.15) is 0 Å². The number of Topliss-reactive ketones (excluding diaryl/α,β-unsaturated/α-hetero) is 1. The Morgan fingerprint density at radius 1 is 1.10 bits per heavy atom. The number of aliphatic carboxylic acids is 1. The molecule has 4 unspecified atom stereocenters. The largest absolute Gasteiger partial charge is 0.481 e. The van der Waals surface area contributed by atoms with Crippen LogP contribution in [-0.4, -0.2) is 28.1 Å². The topological polar surface area (TPSA) is 74.6 Å². The van der Waals surface area contributed by atoms with Crippen molar-refractivity contribution >= 4 is 11.8 Å². The lowest BCUT2D eigenvalue weighted by Gasteiger charge is -2.64. The third kappa shape index (κ3) is 3.27. The zero-order valence-corrected chi connectivity index (χ0v) is 19.4. The number of aliphatic hydroxyl groups excluding tert-OH is 1. The van der Waals surface area contributed by atoms with Crippen LogP contribution in [0.5, 0.6) is 0 Å². The second-order valence-corrected chi connectivity index (χ2v) is 11.8. The summed E-state index contributed by atoms with van der Waals surface area (Å²) in [6.45, 7) is 9.35. The summed E-state index contributed by atoms with van der Waals surface area (Å²) in [7, 11) is 0. The van der Waals surface area contributed by atoms with Gasteiger partial charge in [-0.15, -0.1) is 0 Å². The van der Waals surface area contributed by atoms with Crippen molar-refractivity contribution in [2.75, 3.05) is 0 Å². The number of hydrogen-bond donors (Lipinski definition) is 2. The van der Waals surface area contributed by atoms with E-state index in [-0.39, 0.29) is 29.3 Å². The molecule has 0 aliphatic heterocycles. The normalized spacial score (nSPS) is 49.1. The summed E-state index contributed by atoms with van der Waals surface area (Å²) in [5, 5.41) is 20.8. The Hall–Kier alpha value is -0.900. The van der Waals surface area contributed by atoms with Crippen molar-refractivity contribution in [3.63, 3.8) is 0 Å². The summed E-state index contributed by atoms with van der Waals surface area (Å²) in [5.41, 5.74) is 0.402. The number of carbonyl (C=O) groups excluding carboxylic acids is 1. The minimum atomic E-state index is -0.690. The van der Waals surface area contributed by atoms with Crippen molar-refractivity contribution in [2.24, 2.45) is 52.3 Å². The van der Waals surface area contributed by atoms with Gasteiger partial charge in [0.05, 0.1) is 6.10 Å². The van der Waals surface area contributed by atoms with Crippen LogP contribution < -0.4 is 0 Å². The Bertz CT molecular complexity index is 689. The standard InChI is InChI=1S/C26H42O4/c1-5-17-21-14-16(27)10-12-26(21,4)20-11-13-25(3)18(15(2)6-9-22(28)29)7-8-19(25)23(20)24(17)30/h15,17-21,23-24,30H,5-14H2,1-4H3,(H,28,29)/t15-,17-,18?,19?,20?,21+,23?,24+,25-,26-/m1/s1. The summed E-state index contributed by atoms with van der Waals surface area (Å²) >= 11 is 0. The summed E-state index contributed by atoms with van der Waals surface area (Å²) in [6.07, 6.45) is 8.79. The molecule has 0 bridgehead atoms. The van der Waals surface area contributed by atoms with Gasteiger partial charge in [0, 0.05) is 19.3 Å². The fourth-order valence-electron chi connectivity index (χ4n) is 9.29. The van der Waals surface area contributed by atoms with Crippen molar-refractivity contribution in [1.82, 2.24) is 0 Å². The van der Waals surface area contributed by atoms with Gasteiger partial charge >= 0.3 is 5.97 Å². The van der Waals surface area contributed by atoms with E-state index in [0.29, 0.717) is 47.7 Å². The quantitative estimate of drug-likeness (QED) is 0.633. The van der Waals surface area contributed by atoms with Crippen molar-refractivity contribution in [3.05, 3.63) is 0 Å². The first-order valence-corrected chi connectivity index (χ1v) is 12.5. The van der Waals surface area contributed by atoms with Crippen molar-refractivity contribution < 1.29 is 19.8 Å². The highest BCUT2D eigenvalue weighted by Crippen LogP contribution is 2.69. The van der Waals surface area contributed by atoms with E-state index < -0.39 is 5.97 Å². The van der Waals surface area contributed by atoms with Crippen LogP contribution in [0.4, 0.5) is 0 Å². The van der Waals surface area contributed by atoms with Crippen LogP contribution in [0.3, 0.4) is 0 Å². The molecule has 4 saturated carbocycles. The molecule has 10 atom stereocenters. The molecule has 170 valence electrons. The SMILES string of the molecule is CC[C@H]1[C@H](O)C2C3CCC([C@H](C)CCC(=O)O)[C@@]3(C)CCC2[C@@]2(C)CCC(=O)C[C@@H]12. The average molecular weight is 419 g/mol. The molecule has 4 rings (SSSR count). The average Bonchev–Trinajstić information content (AvgIpc) is 3.05. The number of aliphatic hydroxyl groups is 1. The summed E-state index contributed by atoms with van der Waals surface area (Å²) in [5.74, 6) is 2.69. The molecule has 2 N–H and O–H groups in total. The Morgan fingerprint density at radius 3 is 2.47 bits per heavy atom. The third-order valence-corrected chi connectivity index (χ3v) is 10.8. The molecule has 0 aromatic carbocycles. The molecule has 30 heavy (non-hydrogen) atoms. The maximum atomic E-state index is 12.3. The minimum absolute atomic E-state index is 0.187. The fraction of sp³-hybridized carbons (Fsp3) is 0.923.